The summed E-state index contributed by atoms with van der Waals surface area (Å²) in [6, 6.07) is 4.39. The molecule has 108 valence electrons. The highest BCUT2D eigenvalue weighted by Gasteiger charge is 2.23. The fourth-order valence-corrected chi connectivity index (χ4v) is 2.58. The second-order valence-electron chi connectivity index (χ2n) is 5.46. The van der Waals surface area contributed by atoms with Gasteiger partial charge in [0, 0.05) is 12.1 Å². The average molecular weight is 265 g/mol. The SMILES string of the molecule is CCC(NC(C)C)C(O)c1c(C)cc(OC)cc1C. The number of hydrogen-bond acceptors (Lipinski definition) is 3. The van der Waals surface area contributed by atoms with Crippen LogP contribution >= 0.6 is 0 Å². The summed E-state index contributed by atoms with van der Waals surface area (Å²) in [4.78, 5) is 0. The summed E-state index contributed by atoms with van der Waals surface area (Å²) < 4.78 is 5.26. The predicted molar refractivity (Wildman–Crippen MR) is 79.8 cm³/mol. The molecule has 1 aromatic rings. The van der Waals surface area contributed by atoms with Crippen molar-refractivity contribution < 1.29 is 9.84 Å². The molecule has 2 unspecified atom stereocenters. The molecule has 0 saturated heterocycles. The fourth-order valence-electron chi connectivity index (χ4n) is 2.58. The normalized spacial score (nSPS) is 14.5. The number of ether oxygens (including phenoxy) is 1. The van der Waals surface area contributed by atoms with Gasteiger partial charge in [0.15, 0.2) is 0 Å². The number of nitrogens with one attached hydrogen (secondary N) is 1. The Balaban J connectivity index is 3.07. The molecule has 0 fully saturated rings. The third-order valence-electron chi connectivity index (χ3n) is 3.47. The highest BCUT2D eigenvalue weighted by molar-refractivity contribution is 5.42. The van der Waals surface area contributed by atoms with E-state index in [1.54, 1.807) is 7.11 Å². The van der Waals surface area contributed by atoms with Crippen molar-refractivity contribution in [2.75, 3.05) is 7.11 Å². The van der Waals surface area contributed by atoms with E-state index in [0.717, 1.165) is 28.9 Å². The van der Waals surface area contributed by atoms with E-state index in [9.17, 15) is 5.11 Å². The second-order valence-corrected chi connectivity index (χ2v) is 5.46. The van der Waals surface area contributed by atoms with Gasteiger partial charge in [0.25, 0.3) is 0 Å². The summed E-state index contributed by atoms with van der Waals surface area (Å²) >= 11 is 0. The van der Waals surface area contributed by atoms with E-state index in [-0.39, 0.29) is 6.04 Å². The van der Waals surface area contributed by atoms with Gasteiger partial charge in [-0.3, -0.25) is 0 Å². The summed E-state index contributed by atoms with van der Waals surface area (Å²) in [5.74, 6) is 0.843. The van der Waals surface area contributed by atoms with E-state index in [1.165, 1.54) is 0 Å². The first-order chi connectivity index (χ1) is 8.90. The van der Waals surface area contributed by atoms with Gasteiger partial charge in [0.2, 0.25) is 0 Å². The maximum Gasteiger partial charge on any atom is 0.119 e. The topological polar surface area (TPSA) is 41.5 Å². The zero-order chi connectivity index (χ0) is 14.6. The Labute approximate surface area is 117 Å². The van der Waals surface area contributed by atoms with Crippen LogP contribution < -0.4 is 10.1 Å². The van der Waals surface area contributed by atoms with E-state index in [0.29, 0.717) is 6.04 Å². The lowest BCUT2D eigenvalue weighted by molar-refractivity contribution is 0.120. The van der Waals surface area contributed by atoms with Crippen molar-refractivity contribution in [3.05, 3.63) is 28.8 Å². The monoisotopic (exact) mass is 265 g/mol. The van der Waals surface area contributed by atoms with Crippen LogP contribution in [0.25, 0.3) is 0 Å². The van der Waals surface area contributed by atoms with Crippen LogP contribution in [0.15, 0.2) is 12.1 Å². The Kier molecular flexibility index (Phi) is 5.83. The summed E-state index contributed by atoms with van der Waals surface area (Å²) in [6.07, 6.45) is 0.405. The lowest BCUT2D eigenvalue weighted by atomic mass is 9.92. The molecule has 0 aliphatic carbocycles. The molecule has 1 rings (SSSR count). The van der Waals surface area contributed by atoms with Gasteiger partial charge >= 0.3 is 0 Å². The Morgan fingerprint density at radius 1 is 1.21 bits per heavy atom. The molecule has 0 aromatic heterocycles. The van der Waals surface area contributed by atoms with Crippen LogP contribution in [0.1, 0.15) is 50.0 Å². The van der Waals surface area contributed by atoms with Crippen molar-refractivity contribution in [3.8, 4) is 5.75 Å². The van der Waals surface area contributed by atoms with E-state index in [1.807, 2.05) is 26.0 Å². The van der Waals surface area contributed by atoms with Gasteiger partial charge in [0.05, 0.1) is 13.2 Å². The van der Waals surface area contributed by atoms with Crippen molar-refractivity contribution in [1.82, 2.24) is 5.32 Å². The molecule has 0 heterocycles. The van der Waals surface area contributed by atoms with Gasteiger partial charge in [-0.05, 0) is 49.1 Å². The molecule has 0 saturated carbocycles. The largest absolute Gasteiger partial charge is 0.497 e. The lowest BCUT2D eigenvalue weighted by Gasteiger charge is -2.28. The minimum absolute atomic E-state index is 0.0748. The second kappa shape index (κ2) is 6.92. The van der Waals surface area contributed by atoms with Gasteiger partial charge in [-0.2, -0.15) is 0 Å². The molecule has 0 amide bonds. The Hall–Kier alpha value is -1.06. The van der Waals surface area contributed by atoms with Crippen molar-refractivity contribution in [2.45, 2.75) is 59.2 Å². The molecule has 19 heavy (non-hydrogen) atoms. The van der Waals surface area contributed by atoms with Crippen LogP contribution in [-0.4, -0.2) is 24.3 Å². The van der Waals surface area contributed by atoms with Gasteiger partial charge in [-0.1, -0.05) is 20.8 Å². The van der Waals surface area contributed by atoms with E-state index >= 15 is 0 Å². The van der Waals surface area contributed by atoms with Crippen LogP contribution in [0, 0.1) is 13.8 Å². The molecule has 0 bridgehead atoms. The first-order valence-corrected chi connectivity index (χ1v) is 6.99. The third kappa shape index (κ3) is 3.95. The summed E-state index contributed by atoms with van der Waals surface area (Å²) in [7, 11) is 1.67. The smallest absolute Gasteiger partial charge is 0.119 e. The number of aryl methyl sites for hydroxylation is 2. The average Bonchev–Trinajstić information content (AvgIpc) is 2.34. The zero-order valence-electron chi connectivity index (χ0n) is 12.9. The minimum Gasteiger partial charge on any atom is -0.497 e. The number of rotatable bonds is 6. The number of aliphatic hydroxyl groups is 1. The number of hydrogen-bond donors (Lipinski definition) is 2. The molecule has 0 aliphatic rings. The van der Waals surface area contributed by atoms with Gasteiger partial charge in [-0.25, -0.2) is 0 Å². The Morgan fingerprint density at radius 2 is 1.74 bits per heavy atom. The fraction of sp³-hybridized carbons (Fsp3) is 0.625. The molecule has 0 aliphatic heterocycles. The quantitative estimate of drug-likeness (QED) is 0.830. The zero-order valence-corrected chi connectivity index (χ0v) is 12.9. The van der Waals surface area contributed by atoms with Gasteiger partial charge in [-0.15, -0.1) is 0 Å². The predicted octanol–water partition coefficient (Wildman–Crippen LogP) is 3.12. The Bertz CT molecular complexity index is 392. The summed E-state index contributed by atoms with van der Waals surface area (Å²) in [5.41, 5.74) is 3.17. The standard InChI is InChI=1S/C16H27NO2/c1-7-14(17-10(2)3)16(18)15-11(4)8-13(19-6)9-12(15)5/h8-10,14,16-18H,7H2,1-6H3. The van der Waals surface area contributed by atoms with E-state index < -0.39 is 6.10 Å². The number of aliphatic hydroxyl groups excluding tert-OH is 1. The molecular weight excluding hydrogens is 238 g/mol. The van der Waals surface area contributed by atoms with Crippen LogP contribution in [0.4, 0.5) is 0 Å². The van der Waals surface area contributed by atoms with E-state index in [4.69, 9.17) is 4.74 Å². The highest BCUT2D eigenvalue weighted by atomic mass is 16.5. The maximum atomic E-state index is 10.7. The molecule has 3 nitrogen and oxygen atoms in total. The molecule has 1 aromatic carbocycles. The van der Waals surface area contributed by atoms with Gasteiger partial charge < -0.3 is 15.2 Å². The lowest BCUT2D eigenvalue weighted by Crippen LogP contribution is -2.39. The summed E-state index contributed by atoms with van der Waals surface area (Å²) in [5, 5.41) is 14.1. The van der Waals surface area contributed by atoms with Crippen molar-refractivity contribution in [1.29, 1.82) is 0 Å². The Morgan fingerprint density at radius 3 is 2.11 bits per heavy atom. The number of benzene rings is 1. The van der Waals surface area contributed by atoms with Crippen LogP contribution in [0.3, 0.4) is 0 Å². The number of methoxy groups -OCH3 is 1. The third-order valence-corrected chi connectivity index (χ3v) is 3.47. The molecule has 0 radical (unpaired) electrons. The minimum atomic E-state index is -0.488. The molecule has 3 heteroatoms. The van der Waals surface area contributed by atoms with Crippen LogP contribution in [0.2, 0.25) is 0 Å². The molecular formula is C16H27NO2. The van der Waals surface area contributed by atoms with Crippen LogP contribution in [0.5, 0.6) is 5.75 Å². The molecule has 2 atom stereocenters. The van der Waals surface area contributed by atoms with Crippen molar-refractivity contribution in [3.63, 3.8) is 0 Å². The highest BCUT2D eigenvalue weighted by Crippen LogP contribution is 2.29. The van der Waals surface area contributed by atoms with Gasteiger partial charge in [0.1, 0.15) is 5.75 Å². The molecule has 2 N–H and O–H groups in total. The first kappa shape index (κ1) is 16.0. The molecule has 0 spiro atoms. The van der Waals surface area contributed by atoms with Crippen molar-refractivity contribution >= 4 is 0 Å². The van der Waals surface area contributed by atoms with Crippen LogP contribution in [-0.2, 0) is 0 Å². The first-order valence-electron chi connectivity index (χ1n) is 6.99. The van der Waals surface area contributed by atoms with Crippen molar-refractivity contribution in [2.24, 2.45) is 0 Å². The summed E-state index contributed by atoms with van der Waals surface area (Å²) in [6.45, 7) is 10.3. The van der Waals surface area contributed by atoms with E-state index in [2.05, 4.69) is 26.1 Å². The maximum absolute atomic E-state index is 10.7.